The maximum atomic E-state index is 12.8. The first kappa shape index (κ1) is 20.2. The zero-order valence-corrected chi connectivity index (χ0v) is 17.8. The molecule has 2 aliphatic heterocycles. The number of dihydropyridines is 1. The number of amides is 1. The number of carbonyl (C=O) groups is 1. The highest BCUT2D eigenvalue weighted by molar-refractivity contribution is 5.92. The van der Waals surface area contributed by atoms with Crippen LogP contribution >= 0.6 is 0 Å². The number of carbonyl (C=O) groups excluding carboxylic acids is 1. The fourth-order valence-corrected chi connectivity index (χ4v) is 4.30. The van der Waals surface area contributed by atoms with Gasteiger partial charge in [-0.3, -0.25) is 9.79 Å². The van der Waals surface area contributed by atoms with Crippen molar-refractivity contribution in [2.24, 2.45) is 12.0 Å². The van der Waals surface area contributed by atoms with Crippen LogP contribution in [0, 0.1) is 0 Å². The van der Waals surface area contributed by atoms with E-state index in [4.69, 9.17) is 4.99 Å². The van der Waals surface area contributed by atoms with Gasteiger partial charge in [-0.2, -0.15) is 0 Å². The standard InChI is InChI=1S/C25H30N4O/c1-27-16-8-13-23(27)25(30)28(2)18-14-22(19-20-9-4-3-5-10-20)29-17-7-12-21-11-6-15-26-24(21)29/h3-5,7-11,13,15-17,22,24H,6,12,14,18-19H2,1-2H3. The van der Waals surface area contributed by atoms with Crippen LogP contribution in [0.1, 0.15) is 35.3 Å². The quantitative estimate of drug-likeness (QED) is 0.656. The van der Waals surface area contributed by atoms with Gasteiger partial charge in [0.25, 0.3) is 5.91 Å². The summed E-state index contributed by atoms with van der Waals surface area (Å²) in [5, 5.41) is 0. The maximum absolute atomic E-state index is 12.8. The molecular weight excluding hydrogens is 372 g/mol. The largest absolute Gasteiger partial charge is 0.350 e. The average Bonchev–Trinajstić information content (AvgIpc) is 3.22. The van der Waals surface area contributed by atoms with Crippen LogP contribution in [0.3, 0.4) is 0 Å². The number of aliphatic imine (C=N–C) groups is 1. The van der Waals surface area contributed by atoms with Crippen molar-refractivity contribution in [2.75, 3.05) is 13.6 Å². The molecule has 2 aliphatic rings. The smallest absolute Gasteiger partial charge is 0.270 e. The van der Waals surface area contributed by atoms with Crippen LogP contribution in [0.4, 0.5) is 0 Å². The van der Waals surface area contributed by atoms with Crippen LogP contribution in [-0.4, -0.2) is 52.3 Å². The van der Waals surface area contributed by atoms with Crippen molar-refractivity contribution < 1.29 is 4.79 Å². The topological polar surface area (TPSA) is 40.8 Å². The summed E-state index contributed by atoms with van der Waals surface area (Å²) < 4.78 is 1.88. The fourth-order valence-electron chi connectivity index (χ4n) is 4.30. The van der Waals surface area contributed by atoms with Gasteiger partial charge in [-0.15, -0.1) is 0 Å². The van der Waals surface area contributed by atoms with Gasteiger partial charge < -0.3 is 14.4 Å². The van der Waals surface area contributed by atoms with E-state index in [0.29, 0.717) is 6.54 Å². The molecule has 0 N–H and O–H groups in total. The maximum Gasteiger partial charge on any atom is 0.270 e. The highest BCUT2D eigenvalue weighted by Gasteiger charge is 2.29. The molecule has 5 heteroatoms. The van der Waals surface area contributed by atoms with Gasteiger partial charge >= 0.3 is 0 Å². The second-order valence-electron chi connectivity index (χ2n) is 8.12. The number of benzene rings is 1. The zero-order valence-electron chi connectivity index (χ0n) is 17.8. The Morgan fingerprint density at radius 1 is 1.23 bits per heavy atom. The van der Waals surface area contributed by atoms with Crippen molar-refractivity contribution in [3.05, 3.63) is 83.8 Å². The first-order valence-electron chi connectivity index (χ1n) is 10.7. The number of hydrogen-bond acceptors (Lipinski definition) is 3. The highest BCUT2D eigenvalue weighted by atomic mass is 16.2. The van der Waals surface area contributed by atoms with Crippen molar-refractivity contribution in [1.29, 1.82) is 0 Å². The number of hydrogen-bond donors (Lipinski definition) is 0. The van der Waals surface area contributed by atoms with E-state index in [-0.39, 0.29) is 18.1 Å². The van der Waals surface area contributed by atoms with E-state index in [2.05, 4.69) is 53.6 Å². The SMILES string of the molecule is CN(CCC(Cc1ccccc1)N1C=CCC2=CCC=NC21)C(=O)c1cccn1C. The van der Waals surface area contributed by atoms with Crippen molar-refractivity contribution >= 4 is 12.1 Å². The number of fused-ring (bicyclic) bond motifs is 1. The number of allylic oxidation sites excluding steroid dienone is 2. The van der Waals surface area contributed by atoms with E-state index in [0.717, 1.165) is 31.4 Å². The molecule has 0 saturated heterocycles. The molecular formula is C25H30N4O. The van der Waals surface area contributed by atoms with E-state index in [1.165, 1.54) is 11.1 Å². The third-order valence-electron chi connectivity index (χ3n) is 6.02. The Hall–Kier alpha value is -3.08. The molecule has 0 spiro atoms. The molecule has 2 aromatic rings. The summed E-state index contributed by atoms with van der Waals surface area (Å²) in [7, 11) is 3.80. The van der Waals surface area contributed by atoms with Gasteiger partial charge in [0, 0.05) is 45.5 Å². The number of nitrogens with zero attached hydrogens (tertiary/aromatic N) is 4. The van der Waals surface area contributed by atoms with Crippen molar-refractivity contribution in [2.45, 2.75) is 37.9 Å². The van der Waals surface area contributed by atoms with Gasteiger partial charge in [-0.25, -0.2) is 0 Å². The molecule has 0 aliphatic carbocycles. The molecule has 2 atom stereocenters. The Morgan fingerprint density at radius 3 is 2.83 bits per heavy atom. The number of rotatable bonds is 7. The Morgan fingerprint density at radius 2 is 2.07 bits per heavy atom. The molecule has 0 radical (unpaired) electrons. The Kier molecular flexibility index (Phi) is 6.17. The third kappa shape index (κ3) is 4.40. The summed E-state index contributed by atoms with van der Waals surface area (Å²) in [6, 6.07) is 14.6. The molecule has 1 amide bonds. The summed E-state index contributed by atoms with van der Waals surface area (Å²) in [5.74, 6) is 0.0615. The van der Waals surface area contributed by atoms with E-state index < -0.39 is 0 Å². The average molecular weight is 403 g/mol. The molecule has 3 heterocycles. The van der Waals surface area contributed by atoms with E-state index in [1.54, 1.807) is 0 Å². The molecule has 0 bridgehead atoms. The molecule has 0 fully saturated rings. The zero-order chi connectivity index (χ0) is 20.9. The summed E-state index contributed by atoms with van der Waals surface area (Å²) in [6.07, 6.45) is 14.5. The predicted octanol–water partition coefficient (Wildman–Crippen LogP) is 4.04. The minimum Gasteiger partial charge on any atom is -0.350 e. The molecule has 30 heavy (non-hydrogen) atoms. The molecule has 0 saturated carbocycles. The van der Waals surface area contributed by atoms with Crippen LogP contribution < -0.4 is 0 Å². The van der Waals surface area contributed by atoms with Crippen LogP contribution in [0.25, 0.3) is 0 Å². The van der Waals surface area contributed by atoms with Gasteiger partial charge in [-0.05, 0) is 48.7 Å². The highest BCUT2D eigenvalue weighted by Crippen LogP contribution is 2.29. The van der Waals surface area contributed by atoms with Gasteiger partial charge in [0.05, 0.1) is 0 Å². The minimum absolute atomic E-state index is 0.0615. The lowest BCUT2D eigenvalue weighted by Crippen LogP contribution is -2.44. The van der Waals surface area contributed by atoms with Gasteiger partial charge in [0.1, 0.15) is 11.9 Å². The molecule has 2 unspecified atom stereocenters. The third-order valence-corrected chi connectivity index (χ3v) is 6.02. The second kappa shape index (κ2) is 9.16. The normalized spacial score (nSPS) is 18.7. The first-order valence-corrected chi connectivity index (χ1v) is 10.7. The van der Waals surface area contributed by atoms with Gasteiger partial charge in [0.2, 0.25) is 0 Å². The van der Waals surface area contributed by atoms with Crippen molar-refractivity contribution in [3.8, 4) is 0 Å². The van der Waals surface area contributed by atoms with E-state index in [9.17, 15) is 4.79 Å². The number of aryl methyl sites for hydroxylation is 1. The fraction of sp³-hybridized carbons (Fsp3) is 0.360. The van der Waals surface area contributed by atoms with Gasteiger partial charge in [0.15, 0.2) is 0 Å². The Bertz CT molecular complexity index is 957. The molecule has 4 rings (SSSR count). The van der Waals surface area contributed by atoms with Crippen molar-refractivity contribution in [1.82, 2.24) is 14.4 Å². The first-order chi connectivity index (χ1) is 14.6. The van der Waals surface area contributed by atoms with Crippen LogP contribution in [-0.2, 0) is 13.5 Å². The minimum atomic E-state index is 0.0615. The monoisotopic (exact) mass is 402 g/mol. The number of aromatic nitrogens is 1. The van der Waals surface area contributed by atoms with E-state index in [1.807, 2.05) is 48.1 Å². The lowest BCUT2D eigenvalue weighted by Gasteiger charge is -2.40. The van der Waals surface area contributed by atoms with Crippen LogP contribution in [0.2, 0.25) is 0 Å². The Balaban J connectivity index is 1.51. The molecule has 5 nitrogen and oxygen atoms in total. The lowest BCUT2D eigenvalue weighted by atomic mass is 9.96. The van der Waals surface area contributed by atoms with E-state index >= 15 is 0 Å². The second-order valence-corrected chi connectivity index (χ2v) is 8.12. The van der Waals surface area contributed by atoms with Crippen LogP contribution in [0.5, 0.6) is 0 Å². The summed E-state index contributed by atoms with van der Waals surface area (Å²) in [5.41, 5.74) is 3.41. The Labute approximate surface area is 179 Å². The molecule has 156 valence electrons. The van der Waals surface area contributed by atoms with Crippen molar-refractivity contribution in [3.63, 3.8) is 0 Å². The molecule has 1 aromatic carbocycles. The van der Waals surface area contributed by atoms with Gasteiger partial charge in [-0.1, -0.05) is 42.5 Å². The molecule has 1 aromatic heterocycles. The lowest BCUT2D eigenvalue weighted by molar-refractivity contribution is 0.0768. The summed E-state index contributed by atoms with van der Waals surface area (Å²) in [4.78, 5) is 21.9. The summed E-state index contributed by atoms with van der Waals surface area (Å²) >= 11 is 0. The van der Waals surface area contributed by atoms with Crippen LogP contribution in [0.15, 0.2) is 77.6 Å². The predicted molar refractivity (Wildman–Crippen MR) is 122 cm³/mol. The summed E-state index contributed by atoms with van der Waals surface area (Å²) in [6.45, 7) is 0.696.